The smallest absolute Gasteiger partial charge is 0.245 e. The maximum atomic E-state index is 13.1. The molecule has 2 amide bonds. The first-order chi connectivity index (χ1) is 11.6. The van der Waals surface area contributed by atoms with Gasteiger partial charge in [0, 0.05) is 25.2 Å². The van der Waals surface area contributed by atoms with Gasteiger partial charge in [0.25, 0.3) is 0 Å². The quantitative estimate of drug-likeness (QED) is 0.909. The number of aromatic nitrogens is 2. The Morgan fingerprint density at radius 2 is 2.00 bits per heavy atom. The average Bonchev–Trinajstić information content (AvgIpc) is 3.32. The standard InChI is InChI=1S/C18H26N4O2/c1-21-16-8-4-7-13(16)15(20-21)11-22(12-5-2-3-6-12)18(24)14-9-10-17(23)19-14/h12,14H,2-11H2,1H3,(H,19,23). The zero-order chi connectivity index (χ0) is 16.7. The molecule has 1 saturated heterocycles. The van der Waals surface area contributed by atoms with Gasteiger partial charge in [0.15, 0.2) is 0 Å². The van der Waals surface area contributed by atoms with E-state index in [0.717, 1.165) is 31.4 Å². The Hall–Kier alpha value is -1.85. The van der Waals surface area contributed by atoms with Gasteiger partial charge < -0.3 is 10.2 Å². The van der Waals surface area contributed by atoms with Crippen molar-refractivity contribution in [1.82, 2.24) is 20.0 Å². The highest BCUT2D eigenvalue weighted by Gasteiger charge is 2.36. The van der Waals surface area contributed by atoms with E-state index in [1.165, 1.54) is 30.5 Å². The van der Waals surface area contributed by atoms with Gasteiger partial charge in [-0.05, 0) is 44.1 Å². The summed E-state index contributed by atoms with van der Waals surface area (Å²) in [5.74, 6) is 0.0867. The predicted octanol–water partition coefficient (Wildman–Crippen LogP) is 1.46. The molecule has 1 unspecified atom stereocenters. The van der Waals surface area contributed by atoms with Gasteiger partial charge in [0.2, 0.25) is 11.8 Å². The Morgan fingerprint density at radius 3 is 2.71 bits per heavy atom. The number of aryl methyl sites for hydroxylation is 1. The van der Waals surface area contributed by atoms with Crippen molar-refractivity contribution >= 4 is 11.8 Å². The summed E-state index contributed by atoms with van der Waals surface area (Å²) in [5.41, 5.74) is 3.75. The zero-order valence-electron chi connectivity index (χ0n) is 14.4. The third-order valence-corrected chi connectivity index (χ3v) is 5.86. The third-order valence-electron chi connectivity index (χ3n) is 5.86. The summed E-state index contributed by atoms with van der Waals surface area (Å²) < 4.78 is 1.99. The van der Waals surface area contributed by atoms with Gasteiger partial charge in [0.1, 0.15) is 6.04 Å². The van der Waals surface area contributed by atoms with Crippen LogP contribution in [-0.2, 0) is 36.0 Å². The lowest BCUT2D eigenvalue weighted by atomic mass is 10.1. The molecule has 2 fully saturated rings. The van der Waals surface area contributed by atoms with Gasteiger partial charge in [-0.25, -0.2) is 0 Å². The summed E-state index contributed by atoms with van der Waals surface area (Å²) in [5, 5.41) is 7.55. The molecule has 0 aromatic carbocycles. The molecule has 130 valence electrons. The van der Waals surface area contributed by atoms with Crippen LogP contribution in [0.3, 0.4) is 0 Å². The van der Waals surface area contributed by atoms with Crippen molar-refractivity contribution < 1.29 is 9.59 Å². The Balaban J connectivity index is 1.58. The first-order valence-corrected chi connectivity index (χ1v) is 9.27. The molecule has 3 aliphatic rings. The summed E-state index contributed by atoms with van der Waals surface area (Å²) >= 11 is 0. The van der Waals surface area contributed by atoms with Crippen molar-refractivity contribution in [3.8, 4) is 0 Å². The van der Waals surface area contributed by atoms with Crippen molar-refractivity contribution in [2.45, 2.75) is 76.4 Å². The van der Waals surface area contributed by atoms with E-state index in [9.17, 15) is 9.59 Å². The van der Waals surface area contributed by atoms with Crippen molar-refractivity contribution in [1.29, 1.82) is 0 Å². The van der Waals surface area contributed by atoms with Gasteiger partial charge in [-0.1, -0.05) is 12.8 Å². The molecule has 1 atom stereocenters. The predicted molar refractivity (Wildman–Crippen MR) is 89.2 cm³/mol. The van der Waals surface area contributed by atoms with Gasteiger partial charge in [-0.15, -0.1) is 0 Å². The van der Waals surface area contributed by atoms with Gasteiger partial charge in [-0.3, -0.25) is 14.3 Å². The fourth-order valence-corrected chi connectivity index (χ4v) is 4.59. The summed E-state index contributed by atoms with van der Waals surface area (Å²) in [4.78, 5) is 26.6. The van der Waals surface area contributed by atoms with Crippen LogP contribution in [0.5, 0.6) is 0 Å². The van der Waals surface area contributed by atoms with Crippen LogP contribution in [0.4, 0.5) is 0 Å². The van der Waals surface area contributed by atoms with Crippen LogP contribution in [-0.4, -0.2) is 38.6 Å². The topological polar surface area (TPSA) is 67.2 Å². The van der Waals surface area contributed by atoms with Crippen LogP contribution < -0.4 is 5.32 Å². The third kappa shape index (κ3) is 2.72. The number of hydrogen-bond donors (Lipinski definition) is 1. The normalized spacial score (nSPS) is 23.5. The average molecular weight is 330 g/mol. The number of carbonyl (C=O) groups is 2. The van der Waals surface area contributed by atoms with Crippen molar-refractivity contribution in [3.63, 3.8) is 0 Å². The fourth-order valence-electron chi connectivity index (χ4n) is 4.59. The molecule has 6 nitrogen and oxygen atoms in total. The number of nitrogens with zero attached hydrogens (tertiary/aromatic N) is 3. The second-order valence-corrected chi connectivity index (χ2v) is 7.41. The van der Waals surface area contributed by atoms with Crippen LogP contribution in [0.1, 0.15) is 61.9 Å². The molecule has 2 heterocycles. The molecule has 1 saturated carbocycles. The van der Waals surface area contributed by atoms with E-state index in [-0.39, 0.29) is 17.9 Å². The van der Waals surface area contributed by atoms with Crippen molar-refractivity contribution in [2.24, 2.45) is 7.05 Å². The second-order valence-electron chi connectivity index (χ2n) is 7.41. The van der Waals surface area contributed by atoms with E-state index in [1.807, 2.05) is 16.6 Å². The maximum Gasteiger partial charge on any atom is 0.245 e. The lowest BCUT2D eigenvalue weighted by Crippen LogP contribution is -2.48. The molecule has 1 N–H and O–H groups in total. The minimum atomic E-state index is -0.338. The number of amides is 2. The van der Waals surface area contributed by atoms with Crippen LogP contribution in [0, 0.1) is 0 Å². The second kappa shape index (κ2) is 6.22. The number of hydrogen-bond acceptors (Lipinski definition) is 3. The molecule has 1 aromatic heterocycles. The Labute approximate surface area is 142 Å². The molecule has 2 aliphatic carbocycles. The number of fused-ring (bicyclic) bond motifs is 1. The number of nitrogens with one attached hydrogen (secondary N) is 1. The Morgan fingerprint density at radius 1 is 1.21 bits per heavy atom. The van der Waals surface area contributed by atoms with E-state index in [2.05, 4.69) is 5.32 Å². The fraction of sp³-hybridized carbons (Fsp3) is 0.722. The zero-order valence-corrected chi connectivity index (χ0v) is 14.4. The lowest BCUT2D eigenvalue weighted by molar-refractivity contribution is -0.137. The monoisotopic (exact) mass is 330 g/mol. The molecule has 0 spiro atoms. The van der Waals surface area contributed by atoms with E-state index in [4.69, 9.17) is 5.10 Å². The molecule has 6 heteroatoms. The summed E-state index contributed by atoms with van der Waals surface area (Å²) in [6.07, 6.45) is 8.96. The Kier molecular flexibility index (Phi) is 4.06. The molecule has 0 bridgehead atoms. The lowest BCUT2D eigenvalue weighted by Gasteiger charge is -2.31. The maximum absolute atomic E-state index is 13.1. The molecular formula is C18H26N4O2. The number of rotatable bonds is 4. The number of carbonyl (C=O) groups excluding carboxylic acids is 2. The molecule has 1 aliphatic heterocycles. The first-order valence-electron chi connectivity index (χ1n) is 9.27. The van der Waals surface area contributed by atoms with E-state index in [0.29, 0.717) is 25.4 Å². The van der Waals surface area contributed by atoms with Gasteiger partial charge in [0.05, 0.1) is 12.2 Å². The van der Waals surface area contributed by atoms with Crippen LogP contribution in [0.2, 0.25) is 0 Å². The van der Waals surface area contributed by atoms with Gasteiger partial charge in [-0.2, -0.15) is 5.10 Å². The van der Waals surface area contributed by atoms with E-state index in [1.54, 1.807) is 0 Å². The van der Waals surface area contributed by atoms with Crippen LogP contribution in [0.25, 0.3) is 0 Å². The summed E-state index contributed by atoms with van der Waals surface area (Å²) in [6, 6.07) is -0.0380. The Bertz CT molecular complexity index is 660. The minimum absolute atomic E-state index is 0.00144. The molecule has 0 radical (unpaired) electrons. The molecule has 24 heavy (non-hydrogen) atoms. The van der Waals surface area contributed by atoms with Crippen molar-refractivity contribution in [2.75, 3.05) is 0 Å². The minimum Gasteiger partial charge on any atom is -0.344 e. The highest BCUT2D eigenvalue weighted by Crippen LogP contribution is 2.30. The summed E-state index contributed by atoms with van der Waals surface area (Å²) in [7, 11) is 2.01. The van der Waals surface area contributed by atoms with E-state index >= 15 is 0 Å². The first kappa shape index (κ1) is 15.7. The molecular weight excluding hydrogens is 304 g/mol. The SMILES string of the molecule is Cn1nc(CN(C(=O)C2CCC(=O)N2)C2CCCC2)c2c1CCC2. The highest BCUT2D eigenvalue weighted by molar-refractivity contribution is 5.91. The van der Waals surface area contributed by atoms with Crippen LogP contribution in [0.15, 0.2) is 0 Å². The highest BCUT2D eigenvalue weighted by atomic mass is 16.2. The molecule has 1 aromatic rings. The van der Waals surface area contributed by atoms with Crippen molar-refractivity contribution in [3.05, 3.63) is 17.0 Å². The largest absolute Gasteiger partial charge is 0.344 e. The van der Waals surface area contributed by atoms with E-state index < -0.39 is 0 Å². The van der Waals surface area contributed by atoms with Crippen LogP contribution >= 0.6 is 0 Å². The van der Waals surface area contributed by atoms with Gasteiger partial charge >= 0.3 is 0 Å². The summed E-state index contributed by atoms with van der Waals surface area (Å²) in [6.45, 7) is 0.596. The molecule has 4 rings (SSSR count).